The van der Waals surface area contributed by atoms with Crippen molar-refractivity contribution >= 4 is 23.4 Å². The zero-order valence-corrected chi connectivity index (χ0v) is 19.8. The predicted molar refractivity (Wildman–Crippen MR) is 125 cm³/mol. The van der Waals surface area contributed by atoms with Crippen molar-refractivity contribution in [2.24, 2.45) is 0 Å². The number of hydrogen-bond acceptors (Lipinski definition) is 7. The number of ether oxygens (including phenoxy) is 1. The van der Waals surface area contributed by atoms with Crippen LogP contribution in [0.2, 0.25) is 0 Å². The minimum absolute atomic E-state index is 0.0245. The van der Waals surface area contributed by atoms with Gasteiger partial charge in [-0.1, -0.05) is 24.3 Å². The molecule has 194 valence electrons. The zero-order valence-electron chi connectivity index (χ0n) is 19.8. The van der Waals surface area contributed by atoms with Gasteiger partial charge in [-0.3, -0.25) is 14.9 Å². The summed E-state index contributed by atoms with van der Waals surface area (Å²) < 4.78 is 47.4. The zero-order chi connectivity index (χ0) is 26.9. The molecule has 37 heavy (non-hydrogen) atoms. The lowest BCUT2D eigenvalue weighted by atomic mass is 10.1. The van der Waals surface area contributed by atoms with E-state index < -0.39 is 40.3 Å². The maximum atomic E-state index is 13.9. The molecule has 13 heteroatoms. The fraction of sp³-hybridized carbons (Fsp3) is 0.292. The molecule has 4 rings (SSSR count). The first-order valence-corrected chi connectivity index (χ1v) is 11.1. The molecule has 2 heterocycles. The van der Waals surface area contributed by atoms with Gasteiger partial charge in [-0.05, 0) is 30.2 Å². The summed E-state index contributed by atoms with van der Waals surface area (Å²) in [6, 6.07) is 11.1. The summed E-state index contributed by atoms with van der Waals surface area (Å²) in [5.74, 6) is -1.47. The maximum absolute atomic E-state index is 13.9. The number of hydrogen-bond donors (Lipinski definition) is 1. The number of anilines is 1. The number of methoxy groups -OCH3 is 1. The van der Waals surface area contributed by atoms with Crippen LogP contribution in [0, 0.1) is 10.1 Å². The van der Waals surface area contributed by atoms with Crippen molar-refractivity contribution in [1.82, 2.24) is 15.1 Å². The average Bonchev–Trinajstić information content (AvgIpc) is 3.44. The van der Waals surface area contributed by atoms with Gasteiger partial charge in [-0.15, -0.1) is 0 Å². The number of halogens is 3. The number of alkyl halides is 3. The molecule has 1 aliphatic rings. The van der Waals surface area contributed by atoms with Crippen LogP contribution in [-0.2, 0) is 24.0 Å². The molecule has 2 aromatic carbocycles. The third-order valence-electron chi connectivity index (χ3n) is 6.00. The Bertz CT molecular complexity index is 1340. The minimum atomic E-state index is -4.87. The Labute approximate surface area is 208 Å². The molecular weight excluding hydrogens is 495 g/mol. The van der Waals surface area contributed by atoms with Gasteiger partial charge in [0.15, 0.2) is 5.69 Å². The summed E-state index contributed by atoms with van der Waals surface area (Å²) in [7, 11) is 1.24. The average molecular weight is 517 g/mol. The molecule has 0 saturated heterocycles. The van der Waals surface area contributed by atoms with Crippen LogP contribution in [-0.4, -0.2) is 40.2 Å². The molecule has 0 spiro atoms. The second kappa shape index (κ2) is 9.91. The number of amides is 1. The first-order valence-electron chi connectivity index (χ1n) is 11.1. The van der Waals surface area contributed by atoms with Crippen molar-refractivity contribution in [3.05, 3.63) is 86.6 Å². The van der Waals surface area contributed by atoms with E-state index in [-0.39, 0.29) is 24.6 Å². The second-order valence-corrected chi connectivity index (χ2v) is 8.42. The van der Waals surface area contributed by atoms with E-state index in [1.54, 1.807) is 24.0 Å². The summed E-state index contributed by atoms with van der Waals surface area (Å²) in [6.07, 6.45) is -4.87. The smallest absolute Gasteiger partial charge is 0.436 e. The van der Waals surface area contributed by atoms with Crippen molar-refractivity contribution < 1.29 is 32.4 Å². The summed E-state index contributed by atoms with van der Waals surface area (Å²) in [4.78, 5) is 36.8. The van der Waals surface area contributed by atoms with Crippen molar-refractivity contribution in [2.45, 2.75) is 32.2 Å². The number of aromatic nitrogens is 2. The van der Waals surface area contributed by atoms with E-state index in [9.17, 15) is 32.9 Å². The molecule has 0 saturated carbocycles. The van der Waals surface area contributed by atoms with E-state index in [4.69, 9.17) is 0 Å². The Kier molecular flexibility index (Phi) is 6.88. The Morgan fingerprint density at radius 2 is 1.78 bits per heavy atom. The first-order chi connectivity index (χ1) is 17.5. The van der Waals surface area contributed by atoms with E-state index in [0.29, 0.717) is 23.2 Å². The van der Waals surface area contributed by atoms with Crippen LogP contribution in [0.3, 0.4) is 0 Å². The third kappa shape index (κ3) is 5.25. The van der Waals surface area contributed by atoms with Crippen LogP contribution in [0.5, 0.6) is 0 Å². The van der Waals surface area contributed by atoms with Crippen molar-refractivity contribution in [2.75, 3.05) is 18.6 Å². The van der Waals surface area contributed by atoms with Gasteiger partial charge >= 0.3 is 12.1 Å². The van der Waals surface area contributed by atoms with Gasteiger partial charge in [0.05, 0.1) is 30.2 Å². The van der Waals surface area contributed by atoms with Crippen LogP contribution in [0.15, 0.2) is 48.5 Å². The highest BCUT2D eigenvalue weighted by Gasteiger charge is 2.44. The molecule has 1 N–H and O–H groups in total. The predicted octanol–water partition coefficient (Wildman–Crippen LogP) is 4.11. The first kappa shape index (κ1) is 25.7. The number of nitrogens with one attached hydrogen (secondary N) is 1. The van der Waals surface area contributed by atoms with E-state index >= 15 is 0 Å². The standard InChI is InChI=1S/C24H22F3N5O5/c1-14(16-5-7-17(8-6-16)23(34)37-2)28-21(33)19-20(24(25,26)27)29-31-12-11-30(22(19)31)13-15-3-9-18(10-4-15)32(35)36/h3-10,14H,11-13H2,1-2H3,(H,28,33)/t14-/m0/s1. The Balaban J connectivity index is 1.61. The number of esters is 1. The summed E-state index contributed by atoms with van der Waals surface area (Å²) in [5, 5.41) is 17.2. The third-order valence-corrected chi connectivity index (χ3v) is 6.00. The molecule has 0 unspecified atom stereocenters. The van der Waals surface area contributed by atoms with Gasteiger partial charge in [0.1, 0.15) is 11.4 Å². The number of carbonyl (C=O) groups excluding carboxylic acids is 2. The highest BCUT2D eigenvalue weighted by Crippen LogP contribution is 2.38. The summed E-state index contributed by atoms with van der Waals surface area (Å²) in [6.45, 7) is 2.19. The molecule has 1 amide bonds. The molecule has 1 aromatic heterocycles. The highest BCUT2D eigenvalue weighted by atomic mass is 19.4. The number of non-ortho nitro benzene ring substituents is 1. The number of nitrogens with zero attached hydrogens (tertiary/aromatic N) is 4. The number of rotatable bonds is 7. The molecule has 1 aliphatic heterocycles. The summed E-state index contributed by atoms with van der Waals surface area (Å²) in [5.41, 5.74) is -0.504. The quantitative estimate of drug-likeness (QED) is 0.285. The molecule has 10 nitrogen and oxygen atoms in total. The normalized spacial score (nSPS) is 13.7. The number of fused-ring (bicyclic) bond motifs is 1. The van der Waals surface area contributed by atoms with Crippen LogP contribution in [0.1, 0.15) is 50.5 Å². The van der Waals surface area contributed by atoms with E-state index in [1.165, 1.54) is 43.5 Å². The second-order valence-electron chi connectivity index (χ2n) is 8.42. The van der Waals surface area contributed by atoms with Crippen LogP contribution < -0.4 is 10.2 Å². The minimum Gasteiger partial charge on any atom is -0.465 e. The number of carbonyl (C=O) groups is 2. The fourth-order valence-electron chi connectivity index (χ4n) is 4.13. The van der Waals surface area contributed by atoms with Crippen LogP contribution in [0.4, 0.5) is 24.7 Å². The Morgan fingerprint density at radius 3 is 2.35 bits per heavy atom. The van der Waals surface area contributed by atoms with Crippen LogP contribution in [0.25, 0.3) is 0 Å². The largest absolute Gasteiger partial charge is 0.465 e. The van der Waals surface area contributed by atoms with Gasteiger partial charge in [0, 0.05) is 25.2 Å². The monoisotopic (exact) mass is 517 g/mol. The fourth-order valence-corrected chi connectivity index (χ4v) is 4.13. The molecule has 1 atom stereocenters. The topological polar surface area (TPSA) is 120 Å². The molecular formula is C24H22F3N5O5. The SMILES string of the molecule is COC(=O)c1ccc([C@H](C)NC(=O)c2c(C(F)(F)F)nn3c2N(Cc2ccc([N+](=O)[O-])cc2)CC3)cc1. The maximum Gasteiger partial charge on any atom is 0.436 e. The molecule has 0 radical (unpaired) electrons. The van der Waals surface area contributed by atoms with Gasteiger partial charge in [0.2, 0.25) is 0 Å². The van der Waals surface area contributed by atoms with Gasteiger partial charge in [-0.25, -0.2) is 9.48 Å². The number of nitro groups is 1. The van der Waals surface area contributed by atoms with E-state index in [0.717, 1.165) is 4.68 Å². The highest BCUT2D eigenvalue weighted by molar-refractivity contribution is 6.01. The lowest BCUT2D eigenvalue weighted by molar-refractivity contribution is -0.384. The Hall–Kier alpha value is -4.42. The van der Waals surface area contributed by atoms with Gasteiger partial charge in [0.25, 0.3) is 11.6 Å². The molecule has 0 aliphatic carbocycles. The summed E-state index contributed by atoms with van der Waals surface area (Å²) >= 11 is 0. The Morgan fingerprint density at radius 1 is 1.14 bits per heavy atom. The lowest BCUT2D eigenvalue weighted by Crippen LogP contribution is -2.31. The van der Waals surface area contributed by atoms with E-state index in [1.807, 2.05) is 0 Å². The molecule has 3 aromatic rings. The van der Waals surface area contributed by atoms with Crippen molar-refractivity contribution in [3.8, 4) is 0 Å². The van der Waals surface area contributed by atoms with Gasteiger partial charge < -0.3 is 15.0 Å². The van der Waals surface area contributed by atoms with Crippen LogP contribution >= 0.6 is 0 Å². The van der Waals surface area contributed by atoms with Crippen molar-refractivity contribution in [1.29, 1.82) is 0 Å². The molecule has 0 bridgehead atoms. The number of nitro benzene ring substituents is 1. The van der Waals surface area contributed by atoms with Crippen molar-refractivity contribution in [3.63, 3.8) is 0 Å². The lowest BCUT2D eigenvalue weighted by Gasteiger charge is -2.21. The van der Waals surface area contributed by atoms with E-state index in [2.05, 4.69) is 15.2 Å². The number of benzene rings is 2. The van der Waals surface area contributed by atoms with Gasteiger partial charge in [-0.2, -0.15) is 18.3 Å². The molecule has 0 fully saturated rings.